The summed E-state index contributed by atoms with van der Waals surface area (Å²) < 4.78 is 0. The number of amides is 1. The molecule has 5 nitrogen and oxygen atoms in total. The highest BCUT2D eigenvalue weighted by molar-refractivity contribution is 6.44. The Bertz CT molecular complexity index is 1020. The van der Waals surface area contributed by atoms with Gasteiger partial charge in [0.2, 0.25) is 0 Å². The van der Waals surface area contributed by atoms with Crippen molar-refractivity contribution in [3.63, 3.8) is 0 Å². The third-order valence-corrected chi connectivity index (χ3v) is 4.77. The minimum Gasteiger partial charge on any atom is -0.506 e. The van der Waals surface area contributed by atoms with E-state index in [1.807, 2.05) is 36.4 Å². The zero-order valence-corrected chi connectivity index (χ0v) is 14.9. The van der Waals surface area contributed by atoms with Gasteiger partial charge in [0, 0.05) is 5.56 Å². The van der Waals surface area contributed by atoms with Crippen molar-refractivity contribution in [3.8, 4) is 5.75 Å². The number of aliphatic hydroxyl groups is 1. The molecule has 7 heteroatoms. The second-order valence-corrected chi connectivity index (χ2v) is 6.23. The van der Waals surface area contributed by atoms with Crippen LogP contribution in [0.5, 0.6) is 5.75 Å². The van der Waals surface area contributed by atoms with Crippen LogP contribution < -0.4 is 5.43 Å². The number of phenolic OH excluding ortho intramolecular Hbond substituents is 1. The number of rotatable bonds is 4. The van der Waals surface area contributed by atoms with Crippen LogP contribution in [0.15, 0.2) is 53.6 Å². The topological polar surface area (TPSA) is 81.9 Å². The zero-order chi connectivity index (χ0) is 18.7. The predicted molar refractivity (Wildman–Crippen MR) is 103 cm³/mol. The number of carbonyl (C=O) groups is 1. The molecule has 1 amide bonds. The lowest BCUT2D eigenvalue weighted by atomic mass is 10.0. The first kappa shape index (κ1) is 18.2. The summed E-state index contributed by atoms with van der Waals surface area (Å²) in [6.45, 7) is -0.0607. The van der Waals surface area contributed by atoms with Crippen molar-refractivity contribution in [1.29, 1.82) is 0 Å². The molecular weight excluding hydrogens is 375 g/mol. The highest BCUT2D eigenvalue weighted by Gasteiger charge is 2.15. The third-order valence-electron chi connectivity index (χ3n) is 3.89. The Kier molecular flexibility index (Phi) is 5.42. The zero-order valence-electron chi connectivity index (χ0n) is 13.4. The number of fused-ring (bicyclic) bond motifs is 1. The molecule has 0 heterocycles. The van der Waals surface area contributed by atoms with Crippen LogP contribution in [-0.4, -0.2) is 22.3 Å². The van der Waals surface area contributed by atoms with Crippen molar-refractivity contribution < 1.29 is 15.0 Å². The first-order chi connectivity index (χ1) is 12.5. The van der Waals surface area contributed by atoms with Gasteiger partial charge in [-0.1, -0.05) is 59.6 Å². The smallest absolute Gasteiger partial charge is 0.272 e. The second kappa shape index (κ2) is 7.74. The summed E-state index contributed by atoms with van der Waals surface area (Å²) in [5, 5.41) is 24.6. The number of hydrazone groups is 1. The van der Waals surface area contributed by atoms with E-state index in [-0.39, 0.29) is 28.0 Å². The molecule has 26 heavy (non-hydrogen) atoms. The van der Waals surface area contributed by atoms with E-state index in [9.17, 15) is 15.0 Å². The molecule has 132 valence electrons. The van der Waals surface area contributed by atoms with E-state index in [4.69, 9.17) is 23.2 Å². The van der Waals surface area contributed by atoms with Crippen LogP contribution in [0.2, 0.25) is 10.0 Å². The molecule has 0 radical (unpaired) electrons. The molecule has 0 aliphatic heterocycles. The maximum Gasteiger partial charge on any atom is 0.272 e. The average molecular weight is 389 g/mol. The fourth-order valence-electron chi connectivity index (χ4n) is 2.57. The molecule has 0 fully saturated rings. The number of halogens is 2. The monoisotopic (exact) mass is 388 g/mol. The van der Waals surface area contributed by atoms with Crippen molar-refractivity contribution in [2.45, 2.75) is 6.61 Å². The fourth-order valence-corrected chi connectivity index (χ4v) is 2.98. The Morgan fingerprint density at radius 1 is 1.04 bits per heavy atom. The van der Waals surface area contributed by atoms with E-state index in [1.54, 1.807) is 0 Å². The molecule has 0 spiro atoms. The van der Waals surface area contributed by atoms with Crippen molar-refractivity contribution in [3.05, 3.63) is 75.3 Å². The summed E-state index contributed by atoms with van der Waals surface area (Å²) in [5.74, 6) is -0.753. The van der Waals surface area contributed by atoms with Gasteiger partial charge in [-0.15, -0.1) is 0 Å². The molecule has 0 aliphatic carbocycles. The van der Waals surface area contributed by atoms with Crippen LogP contribution >= 0.6 is 23.2 Å². The Balaban J connectivity index is 1.85. The molecule has 0 aromatic heterocycles. The van der Waals surface area contributed by atoms with Gasteiger partial charge in [-0.3, -0.25) is 4.79 Å². The normalized spacial score (nSPS) is 11.2. The van der Waals surface area contributed by atoms with E-state index in [0.29, 0.717) is 0 Å². The highest BCUT2D eigenvalue weighted by atomic mass is 35.5. The minimum atomic E-state index is -0.551. The van der Waals surface area contributed by atoms with Crippen LogP contribution in [0, 0.1) is 0 Å². The van der Waals surface area contributed by atoms with Gasteiger partial charge in [-0.2, -0.15) is 5.10 Å². The Labute approximate surface area is 159 Å². The van der Waals surface area contributed by atoms with Gasteiger partial charge >= 0.3 is 0 Å². The van der Waals surface area contributed by atoms with Crippen molar-refractivity contribution in [2.75, 3.05) is 0 Å². The third kappa shape index (κ3) is 3.51. The maximum absolute atomic E-state index is 12.2. The lowest BCUT2D eigenvalue weighted by molar-refractivity contribution is 0.0955. The average Bonchev–Trinajstić information content (AvgIpc) is 2.66. The van der Waals surface area contributed by atoms with Gasteiger partial charge < -0.3 is 10.2 Å². The number of benzene rings is 3. The Morgan fingerprint density at radius 2 is 1.77 bits per heavy atom. The molecule has 3 aromatic rings. The number of hydrogen-bond acceptors (Lipinski definition) is 4. The highest BCUT2D eigenvalue weighted by Crippen LogP contribution is 2.33. The van der Waals surface area contributed by atoms with Crippen molar-refractivity contribution in [2.24, 2.45) is 5.10 Å². The molecule has 0 atom stereocenters. The van der Waals surface area contributed by atoms with Crippen LogP contribution in [0.3, 0.4) is 0 Å². The Morgan fingerprint density at radius 3 is 2.50 bits per heavy atom. The molecule has 0 bridgehead atoms. The van der Waals surface area contributed by atoms with E-state index >= 15 is 0 Å². The van der Waals surface area contributed by atoms with E-state index in [0.717, 1.165) is 21.9 Å². The second-order valence-electron chi connectivity index (χ2n) is 5.48. The maximum atomic E-state index is 12.2. The fraction of sp³-hybridized carbons (Fsp3) is 0.0526. The standard InChI is InChI=1S/C19H14Cl2N2O3/c20-17-15(7-8-16(25)18(17)21)19(26)23-22-9-11-5-6-12(10-24)14-4-2-1-3-13(11)14/h1-9,24-25H,10H2,(H,23,26)/b22-9+. The van der Waals surface area contributed by atoms with Gasteiger partial charge in [-0.25, -0.2) is 5.43 Å². The van der Waals surface area contributed by atoms with Crippen LogP contribution in [0.1, 0.15) is 21.5 Å². The van der Waals surface area contributed by atoms with E-state index in [2.05, 4.69) is 10.5 Å². The lowest BCUT2D eigenvalue weighted by Gasteiger charge is -2.07. The molecule has 3 aromatic carbocycles. The van der Waals surface area contributed by atoms with Gasteiger partial charge in [0.15, 0.2) is 0 Å². The van der Waals surface area contributed by atoms with Crippen LogP contribution in [0.4, 0.5) is 0 Å². The van der Waals surface area contributed by atoms with Crippen LogP contribution in [0.25, 0.3) is 10.8 Å². The number of nitrogens with zero attached hydrogens (tertiary/aromatic N) is 1. The van der Waals surface area contributed by atoms with Gasteiger partial charge in [0.05, 0.1) is 23.4 Å². The quantitative estimate of drug-likeness (QED) is 0.464. The molecule has 0 unspecified atom stereocenters. The number of aliphatic hydroxyl groups excluding tert-OH is 1. The summed E-state index contributed by atoms with van der Waals surface area (Å²) in [6.07, 6.45) is 1.51. The van der Waals surface area contributed by atoms with Gasteiger partial charge in [0.25, 0.3) is 5.91 Å². The molecular formula is C19H14Cl2N2O3. The van der Waals surface area contributed by atoms with Gasteiger partial charge in [0.1, 0.15) is 10.8 Å². The van der Waals surface area contributed by atoms with Crippen molar-refractivity contribution >= 4 is 46.1 Å². The van der Waals surface area contributed by atoms with E-state index in [1.165, 1.54) is 18.3 Å². The lowest BCUT2D eigenvalue weighted by Crippen LogP contribution is -2.18. The summed E-state index contributed by atoms with van der Waals surface area (Å²) in [5.41, 5.74) is 4.09. The summed E-state index contributed by atoms with van der Waals surface area (Å²) in [4.78, 5) is 12.2. The number of aromatic hydroxyl groups is 1. The summed E-state index contributed by atoms with van der Waals surface area (Å²) in [6, 6.07) is 13.9. The molecule has 3 N–H and O–H groups in total. The van der Waals surface area contributed by atoms with Crippen molar-refractivity contribution in [1.82, 2.24) is 5.43 Å². The molecule has 3 rings (SSSR count). The minimum absolute atomic E-state index is 0.0443. The summed E-state index contributed by atoms with van der Waals surface area (Å²) in [7, 11) is 0. The first-order valence-corrected chi connectivity index (χ1v) is 8.40. The van der Waals surface area contributed by atoms with Crippen LogP contribution in [-0.2, 0) is 6.61 Å². The first-order valence-electron chi connectivity index (χ1n) is 7.64. The molecule has 0 saturated heterocycles. The van der Waals surface area contributed by atoms with Gasteiger partial charge in [-0.05, 0) is 28.5 Å². The molecule has 0 saturated carbocycles. The predicted octanol–water partition coefficient (Wildman–Crippen LogP) is 4.11. The van der Waals surface area contributed by atoms with E-state index < -0.39 is 5.91 Å². The Hall–Kier alpha value is -2.60. The number of carbonyl (C=O) groups excluding carboxylic acids is 1. The summed E-state index contributed by atoms with van der Waals surface area (Å²) >= 11 is 11.8. The molecule has 0 aliphatic rings. The number of hydrogen-bond donors (Lipinski definition) is 3. The number of nitrogens with one attached hydrogen (secondary N) is 1. The largest absolute Gasteiger partial charge is 0.506 e. The SMILES string of the molecule is O=C(N/N=C/c1ccc(CO)c2ccccc12)c1ccc(O)c(Cl)c1Cl. The number of phenols is 1.